The molecule has 1 aromatic carbocycles. The summed E-state index contributed by atoms with van der Waals surface area (Å²) in [6, 6.07) is 6.21. The first-order chi connectivity index (χ1) is 15.8. The predicted octanol–water partition coefficient (Wildman–Crippen LogP) is 2.23. The van der Waals surface area contributed by atoms with Crippen LogP contribution in [0.25, 0.3) is 0 Å². The van der Waals surface area contributed by atoms with Crippen LogP contribution in [0.2, 0.25) is 0 Å². The smallest absolute Gasteiger partial charge is 0.416 e. The minimum Gasteiger partial charge on any atom is -0.474 e. The molecule has 0 radical (unpaired) electrons. The van der Waals surface area contributed by atoms with Gasteiger partial charge in [-0.15, -0.1) is 0 Å². The number of amides is 2. The van der Waals surface area contributed by atoms with E-state index in [-0.39, 0.29) is 23.3 Å². The molecule has 0 unspecified atom stereocenters. The van der Waals surface area contributed by atoms with Gasteiger partial charge in [0.1, 0.15) is 11.6 Å². The fourth-order valence-corrected chi connectivity index (χ4v) is 3.94. The third-order valence-electron chi connectivity index (χ3n) is 5.69. The molecule has 2 aliphatic heterocycles. The van der Waals surface area contributed by atoms with E-state index in [1.807, 2.05) is 4.90 Å². The molecule has 0 spiro atoms. The average molecular weight is 478 g/mol. The van der Waals surface area contributed by atoms with Crippen molar-refractivity contribution in [2.45, 2.75) is 13.2 Å². The number of hydrogen-bond acceptors (Lipinski definition) is 8. The molecule has 1 aromatic heterocycles. The number of carbonyl (C=O) groups is 2. The molecular weight excluding hydrogens is 453 g/mol. The summed E-state index contributed by atoms with van der Waals surface area (Å²) in [6.45, 7) is 3.69. The minimum atomic E-state index is -0.633. The van der Waals surface area contributed by atoms with E-state index in [0.717, 1.165) is 0 Å². The molecule has 0 bridgehead atoms. The number of likely N-dealkylation sites (N-methyl/N-ethyl adjacent to an activating group) is 1. The minimum absolute atomic E-state index is 0.180. The van der Waals surface area contributed by atoms with Crippen LogP contribution in [-0.2, 0) is 9.47 Å². The highest BCUT2D eigenvalue weighted by molar-refractivity contribution is 7.80. The molecule has 33 heavy (non-hydrogen) atoms. The third-order valence-corrected chi connectivity index (χ3v) is 6.14. The highest BCUT2D eigenvalue weighted by atomic mass is 32.1. The van der Waals surface area contributed by atoms with Gasteiger partial charge in [0.2, 0.25) is 0 Å². The summed E-state index contributed by atoms with van der Waals surface area (Å²) in [5.74, 6) is -0.0980. The molecule has 176 valence electrons. The lowest BCUT2D eigenvalue weighted by atomic mass is 10.2. The second kappa shape index (κ2) is 9.22. The summed E-state index contributed by atoms with van der Waals surface area (Å²) < 4.78 is 30.3. The number of carbonyl (C=O) groups excluding carboxylic acids is 2. The standard InChI is InChI=1S/C21H24FN5O5S/c1-13-10-16(23-32-13)19(28)26-8-6-25(7-9-26)17-5-4-14(11-15(17)22)27-12-18(31-20(27)29)24(2)21(33)30-3/h4-5,10-11,18H,6-9,12H2,1-3H3/t18-/m0/s1. The van der Waals surface area contributed by atoms with Gasteiger partial charge < -0.3 is 23.8 Å². The lowest BCUT2D eigenvalue weighted by Gasteiger charge is -2.36. The fourth-order valence-electron chi connectivity index (χ4n) is 3.82. The van der Waals surface area contributed by atoms with Gasteiger partial charge in [0.05, 0.1) is 25.0 Å². The molecule has 2 saturated heterocycles. The maximum Gasteiger partial charge on any atom is 0.416 e. The highest BCUT2D eigenvalue weighted by Crippen LogP contribution is 2.29. The van der Waals surface area contributed by atoms with E-state index in [1.54, 1.807) is 37.1 Å². The van der Waals surface area contributed by atoms with Crippen molar-refractivity contribution in [1.29, 1.82) is 0 Å². The van der Waals surface area contributed by atoms with Crippen LogP contribution in [0, 0.1) is 12.7 Å². The van der Waals surface area contributed by atoms with E-state index in [1.165, 1.54) is 23.0 Å². The molecule has 0 N–H and O–H groups in total. The Labute approximate surface area is 195 Å². The van der Waals surface area contributed by atoms with E-state index in [0.29, 0.717) is 43.3 Å². The van der Waals surface area contributed by atoms with Crippen LogP contribution in [0.15, 0.2) is 28.8 Å². The van der Waals surface area contributed by atoms with Crippen LogP contribution in [0.3, 0.4) is 0 Å². The van der Waals surface area contributed by atoms with Crippen molar-refractivity contribution in [3.8, 4) is 0 Å². The van der Waals surface area contributed by atoms with E-state index < -0.39 is 18.1 Å². The zero-order valence-corrected chi connectivity index (χ0v) is 19.3. The van der Waals surface area contributed by atoms with Gasteiger partial charge in [0.15, 0.2) is 11.9 Å². The summed E-state index contributed by atoms with van der Waals surface area (Å²) >= 11 is 5.07. The van der Waals surface area contributed by atoms with E-state index >= 15 is 4.39 Å². The topological polar surface area (TPSA) is 91.6 Å². The molecule has 10 nitrogen and oxygen atoms in total. The van der Waals surface area contributed by atoms with Gasteiger partial charge in [-0.05, 0) is 37.3 Å². The van der Waals surface area contributed by atoms with Gasteiger partial charge in [-0.25, -0.2) is 9.18 Å². The Kier molecular flexibility index (Phi) is 6.36. The zero-order valence-electron chi connectivity index (χ0n) is 18.5. The van der Waals surface area contributed by atoms with E-state index in [9.17, 15) is 9.59 Å². The van der Waals surface area contributed by atoms with Crippen molar-refractivity contribution in [3.63, 3.8) is 0 Å². The molecule has 4 rings (SSSR count). The van der Waals surface area contributed by atoms with Crippen LogP contribution in [0.1, 0.15) is 16.2 Å². The molecule has 3 heterocycles. The van der Waals surface area contributed by atoms with E-state index in [4.69, 9.17) is 26.2 Å². The first-order valence-corrected chi connectivity index (χ1v) is 10.8. The van der Waals surface area contributed by atoms with Gasteiger partial charge >= 0.3 is 6.09 Å². The maximum atomic E-state index is 15.0. The fraction of sp³-hybridized carbons (Fsp3) is 0.429. The normalized spacial score (nSPS) is 18.4. The van der Waals surface area contributed by atoms with Crippen molar-refractivity contribution in [3.05, 3.63) is 41.5 Å². The second-order valence-corrected chi connectivity index (χ2v) is 8.12. The monoisotopic (exact) mass is 477 g/mol. The SMILES string of the molecule is COC(=S)N(C)[C@@H]1CN(c2ccc(N3CCN(C(=O)c4cc(C)on4)CC3)c(F)c2)C(=O)O1. The van der Waals surface area contributed by atoms with Crippen LogP contribution >= 0.6 is 12.2 Å². The number of piperazine rings is 1. The van der Waals surface area contributed by atoms with Crippen LogP contribution in [0.5, 0.6) is 0 Å². The number of ether oxygens (including phenoxy) is 2. The number of thiocarbonyl (C=S) groups is 1. The predicted molar refractivity (Wildman–Crippen MR) is 121 cm³/mol. The maximum absolute atomic E-state index is 15.0. The van der Waals surface area contributed by atoms with Gasteiger partial charge in [0, 0.05) is 39.3 Å². The van der Waals surface area contributed by atoms with Crippen molar-refractivity contribution < 1.29 is 28.0 Å². The number of hydrogen-bond donors (Lipinski definition) is 0. The number of cyclic esters (lactones) is 1. The molecule has 2 amide bonds. The van der Waals surface area contributed by atoms with Crippen molar-refractivity contribution in [1.82, 2.24) is 15.0 Å². The Morgan fingerprint density at radius 3 is 2.61 bits per heavy atom. The lowest BCUT2D eigenvalue weighted by molar-refractivity contribution is 0.0677. The number of methoxy groups -OCH3 is 1. The third kappa shape index (κ3) is 4.56. The quantitative estimate of drug-likeness (QED) is 0.615. The van der Waals surface area contributed by atoms with Gasteiger partial charge in [-0.1, -0.05) is 5.16 Å². The summed E-state index contributed by atoms with van der Waals surface area (Å²) in [6.07, 6.45) is -1.22. The first-order valence-electron chi connectivity index (χ1n) is 10.3. The Balaban J connectivity index is 1.40. The number of halogens is 1. The molecule has 2 fully saturated rings. The van der Waals surface area contributed by atoms with Crippen molar-refractivity contribution in [2.75, 3.05) is 56.7 Å². The largest absolute Gasteiger partial charge is 0.474 e. The number of aryl methyl sites for hydroxylation is 1. The summed E-state index contributed by atoms with van der Waals surface area (Å²) in [4.78, 5) is 31.3. The Hall–Kier alpha value is -3.41. The number of benzene rings is 1. The molecule has 2 aromatic rings. The Morgan fingerprint density at radius 1 is 1.27 bits per heavy atom. The average Bonchev–Trinajstić information content (AvgIpc) is 3.43. The van der Waals surface area contributed by atoms with Crippen LogP contribution in [0.4, 0.5) is 20.6 Å². The van der Waals surface area contributed by atoms with Crippen molar-refractivity contribution in [2.24, 2.45) is 0 Å². The van der Waals surface area contributed by atoms with Gasteiger partial charge in [0.25, 0.3) is 11.1 Å². The number of aromatic nitrogens is 1. The Bertz CT molecular complexity index is 1070. The van der Waals surface area contributed by atoms with Crippen molar-refractivity contribution >= 4 is 40.8 Å². The van der Waals surface area contributed by atoms with E-state index in [2.05, 4.69) is 5.16 Å². The number of nitrogens with zero attached hydrogens (tertiary/aromatic N) is 5. The number of anilines is 2. The highest BCUT2D eigenvalue weighted by Gasteiger charge is 2.36. The lowest BCUT2D eigenvalue weighted by Crippen LogP contribution is -2.49. The Morgan fingerprint density at radius 2 is 2.00 bits per heavy atom. The summed E-state index contributed by atoms with van der Waals surface area (Å²) in [7, 11) is 3.09. The molecule has 1 atom stereocenters. The summed E-state index contributed by atoms with van der Waals surface area (Å²) in [5.41, 5.74) is 1.06. The molecule has 12 heteroatoms. The summed E-state index contributed by atoms with van der Waals surface area (Å²) in [5, 5.41) is 3.95. The van der Waals surface area contributed by atoms with Crippen LogP contribution in [-0.4, -0.2) is 85.2 Å². The first kappa shape index (κ1) is 22.8. The van der Waals surface area contributed by atoms with Gasteiger partial charge in [-0.2, -0.15) is 0 Å². The zero-order chi connectivity index (χ0) is 23.7. The molecule has 0 saturated carbocycles. The van der Waals surface area contributed by atoms with Gasteiger partial charge in [-0.3, -0.25) is 14.6 Å². The second-order valence-electron chi connectivity index (χ2n) is 7.77. The molecular formula is C21H24FN5O5S. The van der Waals surface area contributed by atoms with Crippen LogP contribution < -0.4 is 9.80 Å². The molecule has 2 aliphatic rings. The number of rotatable bonds is 4. The molecule has 0 aliphatic carbocycles.